The van der Waals surface area contributed by atoms with Crippen molar-refractivity contribution < 1.29 is 17.9 Å². The van der Waals surface area contributed by atoms with Crippen LogP contribution in [0.15, 0.2) is 88.9 Å². The Hall–Kier alpha value is -4.20. The van der Waals surface area contributed by atoms with E-state index in [1.54, 1.807) is 54.1 Å². The van der Waals surface area contributed by atoms with Crippen LogP contribution in [-0.4, -0.2) is 35.8 Å². The Bertz CT molecular complexity index is 1710. The Morgan fingerprint density at radius 3 is 2.44 bits per heavy atom. The standard InChI is InChI=1S/C29H26N4O4S2/c1-3-37-29(34)27-26(23(19-30)28(38-2)33(27)20-11-6-4-7-12-20)31-24-15-10-16-25-22(24)17-18-32(25)39(35,36)21-13-8-5-9-14-21/h4-9,11-15,17-18,31H,3,10,16H2,1-2H3. The minimum absolute atomic E-state index is 0.168. The average Bonchev–Trinajstić information content (AvgIpc) is 3.54. The molecule has 2 heterocycles. The normalized spacial score (nSPS) is 12.8. The predicted octanol–water partition coefficient (Wildman–Crippen LogP) is 5.69. The van der Waals surface area contributed by atoms with E-state index < -0.39 is 16.0 Å². The number of benzene rings is 2. The summed E-state index contributed by atoms with van der Waals surface area (Å²) in [5, 5.41) is 14.1. The number of carbonyl (C=O) groups excluding carboxylic acids is 1. The molecule has 0 aliphatic heterocycles. The van der Waals surface area contributed by atoms with Gasteiger partial charge in [-0.15, -0.1) is 11.8 Å². The Balaban J connectivity index is 1.64. The van der Waals surface area contributed by atoms with Crippen LogP contribution in [0.2, 0.25) is 0 Å². The predicted molar refractivity (Wildman–Crippen MR) is 152 cm³/mol. The molecule has 0 saturated heterocycles. The highest BCUT2D eigenvalue weighted by Gasteiger charge is 2.31. The summed E-state index contributed by atoms with van der Waals surface area (Å²) >= 11 is 1.35. The number of anilines is 1. The van der Waals surface area contributed by atoms with Gasteiger partial charge in [0.2, 0.25) is 0 Å². The van der Waals surface area contributed by atoms with Crippen LogP contribution in [0.25, 0.3) is 11.4 Å². The summed E-state index contributed by atoms with van der Waals surface area (Å²) in [6, 6.07) is 21.6. The fourth-order valence-electron chi connectivity index (χ4n) is 4.77. The molecule has 10 heteroatoms. The number of para-hydroxylation sites is 1. The van der Waals surface area contributed by atoms with Crippen molar-refractivity contribution in [2.24, 2.45) is 0 Å². The van der Waals surface area contributed by atoms with Gasteiger partial charge in [0.05, 0.1) is 17.2 Å². The van der Waals surface area contributed by atoms with E-state index in [1.165, 1.54) is 15.7 Å². The number of rotatable bonds is 8. The molecule has 0 saturated carbocycles. The van der Waals surface area contributed by atoms with Crippen LogP contribution < -0.4 is 5.32 Å². The molecule has 0 unspecified atom stereocenters. The van der Waals surface area contributed by atoms with Crippen molar-refractivity contribution >= 4 is 39.1 Å². The molecule has 1 aliphatic carbocycles. The molecule has 1 N–H and O–H groups in total. The molecule has 2 aromatic carbocycles. The molecule has 8 nitrogen and oxygen atoms in total. The average molecular weight is 559 g/mol. The van der Waals surface area contributed by atoms with Crippen LogP contribution in [-0.2, 0) is 21.2 Å². The van der Waals surface area contributed by atoms with E-state index in [0.717, 1.165) is 0 Å². The number of nitrogens with one attached hydrogen (secondary N) is 1. The van der Waals surface area contributed by atoms with Crippen LogP contribution in [0, 0.1) is 11.3 Å². The van der Waals surface area contributed by atoms with Gasteiger partial charge in [0.15, 0.2) is 5.69 Å². The van der Waals surface area contributed by atoms with E-state index >= 15 is 0 Å². The lowest BCUT2D eigenvalue weighted by atomic mass is 10.0. The molecule has 4 aromatic rings. The zero-order chi connectivity index (χ0) is 27.6. The van der Waals surface area contributed by atoms with E-state index in [1.807, 2.05) is 42.7 Å². The van der Waals surface area contributed by atoms with Crippen LogP contribution in [0.5, 0.6) is 0 Å². The van der Waals surface area contributed by atoms with Gasteiger partial charge in [0.1, 0.15) is 16.7 Å². The Labute approximate surface area is 231 Å². The van der Waals surface area contributed by atoms with E-state index in [2.05, 4.69) is 11.4 Å². The minimum Gasteiger partial charge on any atom is -0.461 e. The molecule has 39 heavy (non-hydrogen) atoms. The smallest absolute Gasteiger partial charge is 0.357 e. The summed E-state index contributed by atoms with van der Waals surface area (Å²) in [5.41, 5.74) is 3.49. The molecule has 198 valence electrons. The molecule has 0 radical (unpaired) electrons. The second-order valence-electron chi connectivity index (χ2n) is 8.68. The third-order valence-corrected chi connectivity index (χ3v) is 8.95. The van der Waals surface area contributed by atoms with Crippen molar-refractivity contribution in [3.63, 3.8) is 0 Å². The number of thioether (sulfide) groups is 1. The first kappa shape index (κ1) is 26.4. The van der Waals surface area contributed by atoms with Crippen LogP contribution in [0.1, 0.15) is 40.7 Å². The van der Waals surface area contributed by atoms with Gasteiger partial charge in [0, 0.05) is 28.8 Å². The summed E-state index contributed by atoms with van der Waals surface area (Å²) in [6.45, 7) is 1.90. The highest BCUT2D eigenvalue weighted by atomic mass is 32.2. The number of fused-ring (bicyclic) bond motifs is 1. The number of allylic oxidation sites excluding steroid dienone is 1. The fraction of sp³-hybridized carbons (Fsp3) is 0.172. The van der Waals surface area contributed by atoms with Gasteiger partial charge in [0.25, 0.3) is 10.0 Å². The van der Waals surface area contributed by atoms with Crippen molar-refractivity contribution in [3.05, 3.63) is 102 Å². The monoisotopic (exact) mass is 558 g/mol. The topological polar surface area (TPSA) is 106 Å². The first-order chi connectivity index (χ1) is 18.9. The fourth-order valence-corrected chi connectivity index (χ4v) is 6.93. The molecular weight excluding hydrogens is 532 g/mol. The maximum Gasteiger partial charge on any atom is 0.357 e. The number of aromatic nitrogens is 2. The number of esters is 1. The zero-order valence-electron chi connectivity index (χ0n) is 21.4. The van der Waals surface area contributed by atoms with Gasteiger partial charge in [-0.1, -0.05) is 42.5 Å². The maximum absolute atomic E-state index is 13.4. The van der Waals surface area contributed by atoms with Crippen LogP contribution in [0.4, 0.5) is 5.69 Å². The molecule has 0 fully saturated rings. The Kier molecular flexibility index (Phi) is 7.37. The Morgan fingerprint density at radius 1 is 1.10 bits per heavy atom. The van der Waals surface area contributed by atoms with E-state index in [0.29, 0.717) is 51.8 Å². The van der Waals surface area contributed by atoms with Crippen molar-refractivity contribution in [2.75, 3.05) is 18.2 Å². The third kappa shape index (κ3) is 4.64. The Morgan fingerprint density at radius 2 is 1.79 bits per heavy atom. The third-order valence-electron chi connectivity index (χ3n) is 6.45. The molecule has 0 amide bonds. The minimum atomic E-state index is -3.79. The van der Waals surface area contributed by atoms with Crippen molar-refractivity contribution in [1.82, 2.24) is 8.54 Å². The maximum atomic E-state index is 13.4. The highest BCUT2D eigenvalue weighted by molar-refractivity contribution is 7.98. The zero-order valence-corrected chi connectivity index (χ0v) is 23.1. The van der Waals surface area contributed by atoms with Gasteiger partial charge in [-0.05, 0) is 56.4 Å². The van der Waals surface area contributed by atoms with Crippen LogP contribution in [0.3, 0.4) is 0 Å². The molecule has 2 aromatic heterocycles. The molecule has 0 bridgehead atoms. The number of ether oxygens (including phenoxy) is 1. The molecule has 5 rings (SSSR count). The van der Waals surface area contributed by atoms with Gasteiger partial charge < -0.3 is 10.1 Å². The molecule has 0 atom stereocenters. The second kappa shape index (κ2) is 10.9. The SMILES string of the molecule is CCOC(=O)c1c(NC2=CCCc3c2ccn3S(=O)(=O)c2ccccc2)c(C#N)c(SC)n1-c1ccccc1. The highest BCUT2D eigenvalue weighted by Crippen LogP contribution is 2.40. The lowest BCUT2D eigenvalue weighted by molar-refractivity contribution is 0.0517. The van der Waals surface area contributed by atoms with Crippen molar-refractivity contribution in [1.29, 1.82) is 5.26 Å². The van der Waals surface area contributed by atoms with Crippen molar-refractivity contribution in [3.8, 4) is 11.8 Å². The first-order valence-electron chi connectivity index (χ1n) is 12.4. The number of nitrogens with zero attached hydrogens (tertiary/aromatic N) is 3. The van der Waals surface area contributed by atoms with Gasteiger partial charge in [-0.3, -0.25) is 4.57 Å². The summed E-state index contributed by atoms with van der Waals surface area (Å²) in [4.78, 5) is 13.5. The lowest BCUT2D eigenvalue weighted by Crippen LogP contribution is -2.18. The van der Waals surface area contributed by atoms with E-state index in [9.17, 15) is 18.5 Å². The van der Waals surface area contributed by atoms with E-state index in [-0.39, 0.29) is 17.2 Å². The molecular formula is C29H26N4O4S2. The van der Waals surface area contributed by atoms with Gasteiger partial charge >= 0.3 is 5.97 Å². The second-order valence-corrected chi connectivity index (χ2v) is 11.3. The first-order valence-corrected chi connectivity index (χ1v) is 15.0. The number of nitriles is 1. The number of hydrogen-bond acceptors (Lipinski definition) is 7. The number of hydrogen-bond donors (Lipinski definition) is 1. The summed E-state index contributed by atoms with van der Waals surface area (Å²) < 4.78 is 35.3. The summed E-state index contributed by atoms with van der Waals surface area (Å²) in [6.07, 6.45) is 6.46. The quantitative estimate of drug-likeness (QED) is 0.219. The van der Waals surface area contributed by atoms with Gasteiger partial charge in [-0.2, -0.15) is 5.26 Å². The molecule has 0 spiro atoms. The molecule has 1 aliphatic rings. The number of carbonyl (C=O) groups is 1. The van der Waals surface area contributed by atoms with Crippen molar-refractivity contribution in [2.45, 2.75) is 29.7 Å². The van der Waals surface area contributed by atoms with E-state index in [4.69, 9.17) is 4.74 Å². The van der Waals surface area contributed by atoms with Gasteiger partial charge in [-0.25, -0.2) is 17.2 Å². The summed E-state index contributed by atoms with van der Waals surface area (Å²) in [7, 11) is -3.79. The summed E-state index contributed by atoms with van der Waals surface area (Å²) in [5.74, 6) is -0.568. The lowest BCUT2D eigenvalue weighted by Gasteiger charge is -2.19. The largest absolute Gasteiger partial charge is 0.461 e. The van der Waals surface area contributed by atoms with Crippen LogP contribution >= 0.6 is 11.8 Å².